The molecule has 1 aliphatic rings. The van der Waals surface area contributed by atoms with Crippen LogP contribution < -0.4 is 5.73 Å². The van der Waals surface area contributed by atoms with Crippen LogP contribution in [-0.2, 0) is 10.0 Å². The zero-order valence-electron chi connectivity index (χ0n) is 13.1. The lowest BCUT2D eigenvalue weighted by Crippen LogP contribution is -2.42. The van der Waals surface area contributed by atoms with Gasteiger partial charge in [0, 0.05) is 23.6 Å². The summed E-state index contributed by atoms with van der Waals surface area (Å²) in [5.41, 5.74) is 7.90. The maximum Gasteiger partial charge on any atom is 0.243 e. The fourth-order valence-corrected chi connectivity index (χ4v) is 4.46. The fraction of sp³-hybridized carbons (Fsp3) is 0.294. The minimum atomic E-state index is -3.42. The van der Waals surface area contributed by atoms with E-state index in [9.17, 15) is 8.42 Å². The van der Waals surface area contributed by atoms with Crippen LogP contribution in [0.3, 0.4) is 0 Å². The van der Waals surface area contributed by atoms with E-state index in [1.165, 1.54) is 4.31 Å². The highest BCUT2D eigenvalue weighted by molar-refractivity contribution is 9.10. The molecule has 0 spiro atoms. The smallest absolute Gasteiger partial charge is 0.243 e. The Balaban J connectivity index is 0.00000208. The molecule has 1 saturated heterocycles. The van der Waals surface area contributed by atoms with E-state index in [0.29, 0.717) is 18.0 Å². The van der Waals surface area contributed by atoms with Crippen molar-refractivity contribution in [2.45, 2.75) is 23.8 Å². The van der Waals surface area contributed by atoms with Gasteiger partial charge in [0.2, 0.25) is 10.0 Å². The molecule has 0 amide bonds. The van der Waals surface area contributed by atoms with Crippen LogP contribution in [0, 0.1) is 0 Å². The second-order valence-corrected chi connectivity index (χ2v) is 8.63. The van der Waals surface area contributed by atoms with Crippen molar-refractivity contribution in [2.24, 2.45) is 5.73 Å². The summed E-state index contributed by atoms with van der Waals surface area (Å²) in [5.74, 6) is 0. The predicted molar refractivity (Wildman–Crippen MR) is 103 cm³/mol. The first-order valence-corrected chi connectivity index (χ1v) is 9.82. The Morgan fingerprint density at radius 2 is 1.38 bits per heavy atom. The van der Waals surface area contributed by atoms with E-state index in [4.69, 9.17) is 5.73 Å². The second-order valence-electron chi connectivity index (χ2n) is 5.77. The molecule has 4 nitrogen and oxygen atoms in total. The van der Waals surface area contributed by atoms with Crippen molar-refractivity contribution >= 4 is 38.4 Å². The van der Waals surface area contributed by atoms with Gasteiger partial charge in [0.15, 0.2) is 0 Å². The largest absolute Gasteiger partial charge is 0.328 e. The highest BCUT2D eigenvalue weighted by atomic mass is 79.9. The van der Waals surface area contributed by atoms with Crippen LogP contribution in [-0.4, -0.2) is 31.9 Å². The maximum atomic E-state index is 12.7. The normalized spacial score (nSPS) is 16.6. The van der Waals surface area contributed by atoms with Gasteiger partial charge in [-0.05, 0) is 48.2 Å². The molecular formula is C17H20BrClN2O2S. The summed E-state index contributed by atoms with van der Waals surface area (Å²) in [7, 11) is -3.42. The van der Waals surface area contributed by atoms with Crippen molar-refractivity contribution in [1.29, 1.82) is 0 Å². The van der Waals surface area contributed by atoms with Crippen LogP contribution >= 0.6 is 28.3 Å². The minimum Gasteiger partial charge on any atom is -0.328 e. The van der Waals surface area contributed by atoms with E-state index in [1.54, 1.807) is 12.1 Å². The van der Waals surface area contributed by atoms with Crippen LogP contribution in [0.2, 0.25) is 0 Å². The first kappa shape index (κ1) is 19.4. The molecule has 2 aromatic carbocycles. The summed E-state index contributed by atoms with van der Waals surface area (Å²) in [4.78, 5) is 0.342. The molecule has 3 rings (SSSR count). The molecule has 0 unspecified atom stereocenters. The Labute approximate surface area is 157 Å². The number of piperidine rings is 1. The molecule has 0 radical (unpaired) electrons. The monoisotopic (exact) mass is 430 g/mol. The topological polar surface area (TPSA) is 63.4 Å². The predicted octanol–water partition coefficient (Wildman–Crippen LogP) is 3.65. The van der Waals surface area contributed by atoms with Gasteiger partial charge in [-0.15, -0.1) is 12.4 Å². The van der Waals surface area contributed by atoms with Crippen molar-refractivity contribution in [3.63, 3.8) is 0 Å². The molecule has 0 saturated carbocycles. The molecule has 1 heterocycles. The zero-order chi connectivity index (χ0) is 16.4. The fourth-order valence-electron chi connectivity index (χ4n) is 2.73. The lowest BCUT2D eigenvalue weighted by Gasteiger charge is -2.29. The summed E-state index contributed by atoms with van der Waals surface area (Å²) in [6.07, 6.45) is 1.44. The van der Waals surface area contributed by atoms with Crippen LogP contribution in [0.25, 0.3) is 11.1 Å². The standard InChI is InChI=1S/C17H19BrN2O2S.ClH/c18-15-5-1-13(2-6-15)14-3-7-17(8-4-14)23(21,22)20-11-9-16(19)10-12-20;/h1-8,16H,9-12,19H2;1H. The average Bonchev–Trinajstić information content (AvgIpc) is 2.56. The highest BCUT2D eigenvalue weighted by Crippen LogP contribution is 2.25. The van der Waals surface area contributed by atoms with Crippen LogP contribution in [0.1, 0.15) is 12.8 Å². The Bertz CT molecular complexity index is 771. The van der Waals surface area contributed by atoms with E-state index >= 15 is 0 Å². The first-order chi connectivity index (χ1) is 11.0. The SMILES string of the molecule is Cl.NC1CCN(S(=O)(=O)c2ccc(-c3ccc(Br)cc3)cc2)CC1. The number of benzene rings is 2. The van der Waals surface area contributed by atoms with Crippen molar-refractivity contribution in [1.82, 2.24) is 4.31 Å². The molecule has 2 aromatic rings. The molecule has 130 valence electrons. The number of halogens is 2. The third-order valence-corrected chi connectivity index (χ3v) is 6.61. The molecule has 0 bridgehead atoms. The van der Waals surface area contributed by atoms with Gasteiger partial charge in [0.1, 0.15) is 0 Å². The third kappa shape index (κ3) is 4.18. The Morgan fingerprint density at radius 1 is 0.917 bits per heavy atom. The summed E-state index contributed by atoms with van der Waals surface area (Å²) < 4.78 is 27.9. The van der Waals surface area contributed by atoms with Gasteiger partial charge in [-0.25, -0.2) is 8.42 Å². The van der Waals surface area contributed by atoms with E-state index in [2.05, 4.69) is 15.9 Å². The number of nitrogens with two attached hydrogens (primary N) is 1. The summed E-state index contributed by atoms with van der Waals surface area (Å²) in [6, 6.07) is 15.1. The summed E-state index contributed by atoms with van der Waals surface area (Å²) >= 11 is 3.41. The average molecular weight is 432 g/mol. The maximum absolute atomic E-state index is 12.7. The van der Waals surface area contributed by atoms with E-state index in [1.807, 2.05) is 36.4 Å². The minimum absolute atomic E-state index is 0. The van der Waals surface area contributed by atoms with Gasteiger partial charge in [-0.1, -0.05) is 40.2 Å². The van der Waals surface area contributed by atoms with E-state index in [0.717, 1.165) is 28.4 Å². The van der Waals surface area contributed by atoms with Crippen molar-refractivity contribution in [2.75, 3.05) is 13.1 Å². The van der Waals surface area contributed by atoms with Crippen molar-refractivity contribution in [3.05, 3.63) is 53.0 Å². The van der Waals surface area contributed by atoms with Gasteiger partial charge >= 0.3 is 0 Å². The Hall–Kier alpha value is -0.920. The second kappa shape index (κ2) is 7.97. The first-order valence-electron chi connectivity index (χ1n) is 7.58. The van der Waals surface area contributed by atoms with Gasteiger partial charge in [0.25, 0.3) is 0 Å². The lowest BCUT2D eigenvalue weighted by atomic mass is 10.1. The zero-order valence-corrected chi connectivity index (χ0v) is 16.3. The molecular weight excluding hydrogens is 412 g/mol. The number of nitrogens with zero attached hydrogens (tertiary/aromatic N) is 1. The molecule has 1 aliphatic heterocycles. The van der Waals surface area contributed by atoms with E-state index < -0.39 is 10.0 Å². The Kier molecular flexibility index (Phi) is 6.45. The van der Waals surface area contributed by atoms with Crippen LogP contribution in [0.15, 0.2) is 57.9 Å². The van der Waals surface area contributed by atoms with Crippen LogP contribution in [0.5, 0.6) is 0 Å². The van der Waals surface area contributed by atoms with Gasteiger partial charge < -0.3 is 5.73 Å². The molecule has 0 aliphatic carbocycles. The lowest BCUT2D eigenvalue weighted by molar-refractivity contribution is 0.320. The van der Waals surface area contributed by atoms with Crippen molar-refractivity contribution in [3.8, 4) is 11.1 Å². The molecule has 7 heteroatoms. The molecule has 0 aromatic heterocycles. The Morgan fingerprint density at radius 3 is 1.88 bits per heavy atom. The number of rotatable bonds is 3. The number of hydrogen-bond acceptors (Lipinski definition) is 3. The summed E-state index contributed by atoms with van der Waals surface area (Å²) in [5, 5.41) is 0. The molecule has 1 fully saturated rings. The number of sulfonamides is 1. The quantitative estimate of drug-likeness (QED) is 0.807. The van der Waals surface area contributed by atoms with Crippen molar-refractivity contribution < 1.29 is 8.42 Å². The third-order valence-electron chi connectivity index (χ3n) is 4.17. The number of hydrogen-bond donors (Lipinski definition) is 1. The van der Waals surface area contributed by atoms with E-state index in [-0.39, 0.29) is 18.4 Å². The molecule has 2 N–H and O–H groups in total. The molecule has 0 atom stereocenters. The van der Waals surface area contributed by atoms with Crippen LogP contribution in [0.4, 0.5) is 0 Å². The highest BCUT2D eigenvalue weighted by Gasteiger charge is 2.28. The summed E-state index contributed by atoms with van der Waals surface area (Å²) in [6.45, 7) is 0.996. The van der Waals surface area contributed by atoms with Gasteiger partial charge in [-0.2, -0.15) is 4.31 Å². The van der Waals surface area contributed by atoms with Gasteiger partial charge in [0.05, 0.1) is 4.90 Å². The molecule has 24 heavy (non-hydrogen) atoms. The van der Waals surface area contributed by atoms with Gasteiger partial charge in [-0.3, -0.25) is 0 Å².